The zero-order valence-electron chi connectivity index (χ0n) is 7.00. The van der Waals surface area contributed by atoms with Gasteiger partial charge in [0.25, 0.3) is 0 Å². The average Bonchev–Trinajstić information content (AvgIpc) is 1.82. The van der Waals surface area contributed by atoms with Crippen LogP contribution in [0.15, 0.2) is 12.3 Å². The van der Waals surface area contributed by atoms with Crippen molar-refractivity contribution >= 4 is 10.1 Å². The van der Waals surface area contributed by atoms with E-state index < -0.39 is 15.6 Å². The van der Waals surface area contributed by atoms with E-state index in [2.05, 4.69) is 4.18 Å². The molecule has 78 valence electrons. The number of halogens is 3. The Morgan fingerprint density at radius 2 is 1.77 bits per heavy atom. The van der Waals surface area contributed by atoms with Gasteiger partial charge in [-0.1, -0.05) is 13.8 Å². The van der Waals surface area contributed by atoms with Gasteiger partial charge in [-0.25, -0.2) is 0 Å². The Labute approximate surface area is 74.3 Å². The van der Waals surface area contributed by atoms with Crippen LogP contribution in [0.5, 0.6) is 0 Å². The van der Waals surface area contributed by atoms with Crippen LogP contribution in [0.3, 0.4) is 0 Å². The Morgan fingerprint density at radius 1 is 1.31 bits per heavy atom. The van der Waals surface area contributed by atoms with E-state index in [1.54, 1.807) is 13.8 Å². The van der Waals surface area contributed by atoms with Gasteiger partial charge in [0.15, 0.2) is 0 Å². The summed E-state index contributed by atoms with van der Waals surface area (Å²) in [4.78, 5) is 0. The van der Waals surface area contributed by atoms with Gasteiger partial charge in [-0.15, -0.1) is 0 Å². The molecular weight excluding hydrogens is 209 g/mol. The van der Waals surface area contributed by atoms with Crippen molar-refractivity contribution in [1.29, 1.82) is 0 Å². The second-order valence-electron chi connectivity index (χ2n) is 2.57. The molecule has 0 aromatic rings. The zero-order chi connectivity index (χ0) is 10.7. The summed E-state index contributed by atoms with van der Waals surface area (Å²) in [7, 11) is -5.48. The second kappa shape index (κ2) is 3.99. The largest absolute Gasteiger partial charge is 0.534 e. The summed E-state index contributed by atoms with van der Waals surface area (Å²) in [5.74, 6) is -0.0802. The van der Waals surface area contributed by atoms with E-state index in [9.17, 15) is 21.6 Å². The van der Waals surface area contributed by atoms with Crippen molar-refractivity contribution in [2.45, 2.75) is 19.4 Å². The lowest BCUT2D eigenvalue weighted by molar-refractivity contribution is -0.0515. The fraction of sp³-hybridized carbons (Fsp3) is 0.667. The van der Waals surface area contributed by atoms with Gasteiger partial charge >= 0.3 is 15.6 Å². The molecule has 0 spiro atoms. The monoisotopic (exact) mass is 218 g/mol. The van der Waals surface area contributed by atoms with Crippen molar-refractivity contribution in [3.63, 3.8) is 0 Å². The topological polar surface area (TPSA) is 43.4 Å². The van der Waals surface area contributed by atoms with Crippen LogP contribution in [0.4, 0.5) is 13.2 Å². The first-order chi connectivity index (χ1) is 5.67. The van der Waals surface area contributed by atoms with Gasteiger partial charge in [-0.2, -0.15) is 21.6 Å². The summed E-state index contributed by atoms with van der Waals surface area (Å²) >= 11 is 0. The SMILES string of the molecule is CC(C)C=COS(=O)(=O)C(F)(F)F. The van der Waals surface area contributed by atoms with Gasteiger partial charge in [0.2, 0.25) is 0 Å². The minimum atomic E-state index is -5.48. The maximum atomic E-state index is 11.6. The first-order valence-electron chi connectivity index (χ1n) is 3.33. The Hall–Kier alpha value is -0.720. The van der Waals surface area contributed by atoms with E-state index in [0.29, 0.717) is 6.26 Å². The van der Waals surface area contributed by atoms with Crippen LogP contribution in [0.25, 0.3) is 0 Å². The lowest BCUT2D eigenvalue weighted by atomic mass is 10.2. The van der Waals surface area contributed by atoms with E-state index in [0.717, 1.165) is 0 Å². The molecular formula is C6H9F3O3S. The van der Waals surface area contributed by atoms with Gasteiger partial charge in [0.05, 0.1) is 0 Å². The molecule has 0 aromatic heterocycles. The molecule has 0 saturated carbocycles. The van der Waals surface area contributed by atoms with Crippen LogP contribution < -0.4 is 0 Å². The fourth-order valence-corrected chi connectivity index (χ4v) is 0.636. The molecule has 3 nitrogen and oxygen atoms in total. The van der Waals surface area contributed by atoms with Crippen LogP contribution in [0.2, 0.25) is 0 Å². The summed E-state index contributed by atoms with van der Waals surface area (Å²) < 4.78 is 58.9. The highest BCUT2D eigenvalue weighted by molar-refractivity contribution is 7.87. The molecule has 0 rings (SSSR count). The number of hydrogen-bond acceptors (Lipinski definition) is 3. The first-order valence-corrected chi connectivity index (χ1v) is 4.74. The molecule has 0 radical (unpaired) electrons. The number of rotatable bonds is 3. The molecule has 0 unspecified atom stereocenters. The minimum absolute atomic E-state index is 0.0802. The summed E-state index contributed by atoms with van der Waals surface area (Å²) in [5, 5.41) is 0. The quantitative estimate of drug-likeness (QED) is 0.413. The van der Waals surface area contributed by atoms with Gasteiger partial charge in [0, 0.05) is 0 Å². The van der Waals surface area contributed by atoms with Crippen molar-refractivity contribution in [1.82, 2.24) is 0 Å². The molecule has 0 aliphatic heterocycles. The molecule has 0 aromatic carbocycles. The molecule has 0 amide bonds. The minimum Gasteiger partial charge on any atom is -0.384 e. The van der Waals surface area contributed by atoms with Crippen LogP contribution >= 0.6 is 0 Å². The standard InChI is InChI=1S/C6H9F3O3S/c1-5(2)3-4-12-13(10,11)6(7,8)9/h3-5H,1-2H3. The molecule has 7 heteroatoms. The zero-order valence-corrected chi connectivity index (χ0v) is 7.82. The third kappa shape index (κ3) is 4.16. The predicted molar refractivity (Wildman–Crippen MR) is 40.0 cm³/mol. The summed E-state index contributed by atoms with van der Waals surface area (Å²) in [6.07, 6.45) is 1.72. The Balaban J connectivity index is 4.39. The number of alkyl halides is 3. The van der Waals surface area contributed by atoms with Crippen LogP contribution in [0, 0.1) is 5.92 Å². The highest BCUT2D eigenvalue weighted by Crippen LogP contribution is 2.24. The fourth-order valence-electron chi connectivity index (χ4n) is 0.317. The molecule has 0 atom stereocenters. The lowest BCUT2D eigenvalue weighted by Crippen LogP contribution is -2.23. The maximum absolute atomic E-state index is 11.6. The third-order valence-corrected chi connectivity index (χ3v) is 1.86. The van der Waals surface area contributed by atoms with Gasteiger partial charge < -0.3 is 4.18 Å². The second-order valence-corrected chi connectivity index (χ2v) is 4.13. The van der Waals surface area contributed by atoms with Crippen molar-refractivity contribution in [2.24, 2.45) is 5.92 Å². The highest BCUT2D eigenvalue weighted by atomic mass is 32.2. The molecule has 0 bridgehead atoms. The van der Waals surface area contributed by atoms with Crippen LogP contribution in [0.1, 0.15) is 13.8 Å². The van der Waals surface area contributed by atoms with Crippen molar-refractivity contribution in [3.8, 4) is 0 Å². The Morgan fingerprint density at radius 3 is 2.08 bits per heavy atom. The average molecular weight is 218 g/mol. The van der Waals surface area contributed by atoms with Gasteiger partial charge in [0.1, 0.15) is 6.26 Å². The van der Waals surface area contributed by atoms with E-state index >= 15 is 0 Å². The van der Waals surface area contributed by atoms with Crippen LogP contribution in [-0.2, 0) is 14.3 Å². The van der Waals surface area contributed by atoms with E-state index in [1.807, 2.05) is 0 Å². The highest BCUT2D eigenvalue weighted by Gasteiger charge is 2.47. The van der Waals surface area contributed by atoms with Crippen molar-refractivity contribution < 1.29 is 25.8 Å². The number of allylic oxidation sites excluding steroid dienone is 1. The normalized spacial score (nSPS) is 14.0. The number of hydrogen-bond donors (Lipinski definition) is 0. The maximum Gasteiger partial charge on any atom is 0.534 e. The Kier molecular flexibility index (Phi) is 3.77. The van der Waals surface area contributed by atoms with Crippen LogP contribution in [-0.4, -0.2) is 13.9 Å². The molecule has 0 saturated heterocycles. The van der Waals surface area contributed by atoms with Gasteiger partial charge in [-0.3, -0.25) is 0 Å². The third-order valence-electron chi connectivity index (χ3n) is 0.929. The van der Waals surface area contributed by atoms with E-state index in [4.69, 9.17) is 0 Å². The van der Waals surface area contributed by atoms with E-state index in [1.165, 1.54) is 6.08 Å². The van der Waals surface area contributed by atoms with Crippen molar-refractivity contribution in [2.75, 3.05) is 0 Å². The molecule has 13 heavy (non-hydrogen) atoms. The predicted octanol–water partition coefficient (Wildman–Crippen LogP) is 2.02. The molecule has 0 fully saturated rings. The molecule has 0 aliphatic rings. The van der Waals surface area contributed by atoms with Crippen molar-refractivity contribution in [3.05, 3.63) is 12.3 Å². The lowest BCUT2D eigenvalue weighted by Gasteiger charge is -2.05. The summed E-state index contributed by atoms with van der Waals surface area (Å²) in [5.41, 5.74) is -5.37. The Bertz CT molecular complexity index is 276. The van der Waals surface area contributed by atoms with E-state index in [-0.39, 0.29) is 5.92 Å². The first kappa shape index (κ1) is 12.3. The summed E-state index contributed by atoms with van der Waals surface area (Å²) in [6.45, 7) is 3.33. The van der Waals surface area contributed by atoms with Gasteiger partial charge in [-0.05, 0) is 12.0 Å². The smallest absolute Gasteiger partial charge is 0.384 e. The molecule has 0 N–H and O–H groups in total. The summed E-state index contributed by atoms with van der Waals surface area (Å²) in [6, 6.07) is 0. The molecule has 0 aliphatic carbocycles. The molecule has 0 heterocycles.